The molecule has 12 N–H and O–H groups in total. The van der Waals surface area contributed by atoms with E-state index in [-0.39, 0.29) is 52.9 Å². The molecule has 0 radical (unpaired) electrons. The largest absolute Gasteiger partial charge is 0.432 e. The van der Waals surface area contributed by atoms with Crippen LogP contribution in [0.4, 0.5) is 0 Å². The molecule has 5 saturated carbocycles. The van der Waals surface area contributed by atoms with Gasteiger partial charge in [0.15, 0.2) is 6.29 Å². The van der Waals surface area contributed by atoms with Gasteiger partial charge >= 0.3 is 5.97 Å². The molecule has 23 unspecified atom stereocenters. The van der Waals surface area contributed by atoms with Crippen molar-refractivity contribution in [2.24, 2.45) is 56.7 Å². The smallest absolute Gasteiger partial charge is 0.317 e. The zero-order chi connectivity index (χ0) is 44.3. The number of aliphatic hydroxyl groups excluding tert-OH is 11. The topological polar surface area (TPSA) is 297 Å². The molecule has 0 amide bonds. The minimum absolute atomic E-state index is 0.0428. The Morgan fingerprint density at radius 3 is 1.90 bits per heavy atom. The number of carbonyl (C=O) groups is 1. The molecule has 0 aromatic heterocycles. The molecule has 346 valence electrons. The number of aliphatic hydroxyl groups is 12. The number of hydrogen-bond donors (Lipinski definition) is 12. The van der Waals surface area contributed by atoms with Gasteiger partial charge in [0.1, 0.15) is 48.8 Å². The molecular weight excluding hydrogens is 788 g/mol. The van der Waals surface area contributed by atoms with E-state index in [2.05, 4.69) is 20.8 Å². The predicted octanol–water partition coefficient (Wildman–Crippen LogP) is -1.33. The summed E-state index contributed by atoms with van der Waals surface area (Å²) in [5.41, 5.74) is -4.67. The number of ether oxygens (including phenoxy) is 4. The van der Waals surface area contributed by atoms with E-state index in [1.807, 2.05) is 13.8 Å². The third kappa shape index (κ3) is 6.61. The first-order chi connectivity index (χ1) is 27.9. The van der Waals surface area contributed by atoms with Gasteiger partial charge in [0.2, 0.25) is 6.29 Å². The molecule has 2 aliphatic heterocycles. The van der Waals surface area contributed by atoms with Crippen molar-refractivity contribution >= 4 is 5.97 Å². The lowest BCUT2D eigenvalue weighted by Crippen LogP contribution is -2.65. The van der Waals surface area contributed by atoms with Gasteiger partial charge in [0.25, 0.3) is 0 Å². The average Bonchev–Trinajstić information content (AvgIpc) is 3.84. The van der Waals surface area contributed by atoms with Gasteiger partial charge in [-0.15, -0.1) is 0 Å². The lowest BCUT2D eigenvalue weighted by molar-refractivity contribution is -0.310. The second-order valence-corrected chi connectivity index (χ2v) is 21.1. The van der Waals surface area contributed by atoms with Crippen LogP contribution < -0.4 is 0 Å². The summed E-state index contributed by atoms with van der Waals surface area (Å²) >= 11 is 0. The van der Waals surface area contributed by atoms with Crippen molar-refractivity contribution in [3.05, 3.63) is 0 Å². The Kier molecular flexibility index (Phi) is 12.6. The Labute approximate surface area is 351 Å². The van der Waals surface area contributed by atoms with E-state index >= 15 is 0 Å². The number of carbonyl (C=O) groups excluding carboxylic acids is 1. The van der Waals surface area contributed by atoms with Crippen molar-refractivity contribution in [3.63, 3.8) is 0 Å². The Morgan fingerprint density at radius 1 is 0.750 bits per heavy atom. The Bertz CT molecular complexity index is 1570. The van der Waals surface area contributed by atoms with Crippen molar-refractivity contribution in [2.75, 3.05) is 19.8 Å². The second kappa shape index (κ2) is 16.1. The van der Waals surface area contributed by atoms with E-state index in [0.717, 1.165) is 12.8 Å². The summed E-state index contributed by atoms with van der Waals surface area (Å²) in [7, 11) is 0. The highest BCUT2D eigenvalue weighted by molar-refractivity contribution is 5.78. The number of rotatable bonds is 12. The van der Waals surface area contributed by atoms with Crippen molar-refractivity contribution < 1.29 is 85.0 Å². The van der Waals surface area contributed by atoms with Gasteiger partial charge in [-0.25, -0.2) is 0 Å². The van der Waals surface area contributed by atoms with E-state index < -0.39 is 121 Å². The van der Waals surface area contributed by atoms with Crippen LogP contribution in [0.3, 0.4) is 0 Å². The maximum absolute atomic E-state index is 14.3. The fraction of sp³-hybridized carbons (Fsp3) is 0.977. The number of hydrogen-bond acceptors (Lipinski definition) is 17. The summed E-state index contributed by atoms with van der Waals surface area (Å²) in [6, 6.07) is 0. The van der Waals surface area contributed by atoms with Gasteiger partial charge in [0, 0.05) is 11.8 Å². The molecule has 7 rings (SSSR count). The fourth-order valence-corrected chi connectivity index (χ4v) is 14.5. The number of fused-ring (bicyclic) bond motifs is 2. The van der Waals surface area contributed by atoms with Crippen molar-refractivity contribution in [1.29, 1.82) is 0 Å². The fourth-order valence-electron chi connectivity index (χ4n) is 14.5. The van der Waals surface area contributed by atoms with Crippen LogP contribution in [0.2, 0.25) is 0 Å². The zero-order valence-electron chi connectivity index (χ0n) is 35.8. The normalized spacial score (nSPS) is 53.9. The third-order valence-electron chi connectivity index (χ3n) is 18.4. The molecule has 0 bridgehead atoms. The molecule has 2 spiro atoms. The molecule has 23 atom stereocenters. The molecule has 0 aromatic rings. The lowest BCUT2D eigenvalue weighted by Gasteiger charge is -2.63. The van der Waals surface area contributed by atoms with E-state index in [4.69, 9.17) is 18.9 Å². The van der Waals surface area contributed by atoms with Gasteiger partial charge in [-0.3, -0.25) is 4.79 Å². The Morgan fingerprint density at radius 2 is 1.32 bits per heavy atom. The van der Waals surface area contributed by atoms with Crippen LogP contribution in [0.5, 0.6) is 0 Å². The molecule has 0 aromatic carbocycles. The molecule has 17 nitrogen and oxygen atoms in total. The number of esters is 1. The SMILES string of the molecule is CC(CCC(O)(COC1OC(CO)C(O)C(O)C1O)C(C)C)C1C(O)CC2(C)C3CCC4C(C)(C(=O)OC5OC(CO)C(O)C(O)C5O)C(O)CC(O)C45CC35CCC12C. The third-order valence-corrected chi connectivity index (χ3v) is 18.4. The van der Waals surface area contributed by atoms with Crippen molar-refractivity contribution in [2.45, 2.75) is 185 Å². The van der Waals surface area contributed by atoms with Crippen LogP contribution in [0, 0.1) is 56.7 Å². The van der Waals surface area contributed by atoms with E-state index in [0.29, 0.717) is 38.5 Å². The van der Waals surface area contributed by atoms with Gasteiger partial charge in [-0.1, -0.05) is 34.6 Å². The van der Waals surface area contributed by atoms with Gasteiger partial charge in [-0.05, 0) is 104 Å². The molecule has 17 heteroatoms. The summed E-state index contributed by atoms with van der Waals surface area (Å²) < 4.78 is 22.5. The minimum atomic E-state index is -1.80. The maximum atomic E-state index is 14.3. The molecule has 5 aliphatic carbocycles. The average molecular weight is 861 g/mol. The van der Waals surface area contributed by atoms with E-state index in [9.17, 15) is 66.1 Å². The molecule has 2 saturated heterocycles. The minimum Gasteiger partial charge on any atom is -0.432 e. The molecule has 2 heterocycles. The van der Waals surface area contributed by atoms with E-state index in [1.165, 1.54) is 0 Å². The summed E-state index contributed by atoms with van der Waals surface area (Å²) in [5.74, 6) is -1.73. The van der Waals surface area contributed by atoms with Gasteiger partial charge in [-0.2, -0.15) is 0 Å². The van der Waals surface area contributed by atoms with Gasteiger partial charge < -0.3 is 80.2 Å². The summed E-state index contributed by atoms with van der Waals surface area (Å²) in [5, 5.41) is 129. The van der Waals surface area contributed by atoms with Crippen molar-refractivity contribution in [3.8, 4) is 0 Å². The van der Waals surface area contributed by atoms with Crippen LogP contribution in [0.1, 0.15) is 99.3 Å². The summed E-state index contributed by atoms with van der Waals surface area (Å²) in [6.07, 6.45) is -13.7. The second-order valence-electron chi connectivity index (χ2n) is 21.1. The summed E-state index contributed by atoms with van der Waals surface area (Å²) in [6.45, 7) is 10.4. The van der Waals surface area contributed by atoms with Crippen LogP contribution >= 0.6 is 0 Å². The molecule has 60 heavy (non-hydrogen) atoms. The Hall–Kier alpha value is -1.13. The van der Waals surface area contributed by atoms with Crippen LogP contribution in [-0.2, 0) is 23.7 Å². The summed E-state index contributed by atoms with van der Waals surface area (Å²) in [4.78, 5) is 14.3. The maximum Gasteiger partial charge on any atom is 0.317 e. The monoisotopic (exact) mass is 860 g/mol. The molecule has 7 fully saturated rings. The highest BCUT2D eigenvalue weighted by Crippen LogP contribution is 2.89. The standard InChI is InChI=1S/C43H72O17/c1-19(2)42(56,18-57-35-33(53)31(51)29(49)22(15-44)58-35)10-9-20(3)28-21(46)14-39(5)24-7-8-25-40(6,37(55)60-36-34(54)32(52)30(50)23(16-45)59-36)26(47)13-27(48)43(25)17-41(24,43)12-11-38(28,39)4/h19-36,44-54,56H,7-18H2,1-6H3. The van der Waals surface area contributed by atoms with Crippen LogP contribution in [0.25, 0.3) is 0 Å². The first-order valence-corrected chi connectivity index (χ1v) is 22.2. The highest BCUT2D eigenvalue weighted by atomic mass is 16.7. The predicted molar refractivity (Wildman–Crippen MR) is 208 cm³/mol. The van der Waals surface area contributed by atoms with Crippen LogP contribution in [0.15, 0.2) is 0 Å². The Balaban J connectivity index is 1.07. The van der Waals surface area contributed by atoms with Crippen LogP contribution in [-0.4, -0.2) is 172 Å². The van der Waals surface area contributed by atoms with E-state index in [1.54, 1.807) is 6.92 Å². The quantitative estimate of drug-likeness (QED) is 0.101. The first kappa shape index (κ1) is 46.9. The molecular formula is C43H72O17. The van der Waals surface area contributed by atoms with Crippen molar-refractivity contribution in [1.82, 2.24) is 0 Å². The van der Waals surface area contributed by atoms with Gasteiger partial charge in [0.05, 0.1) is 49.1 Å². The first-order valence-electron chi connectivity index (χ1n) is 22.2. The molecule has 7 aliphatic rings. The highest BCUT2D eigenvalue weighted by Gasteiger charge is 2.86. The lowest BCUT2D eigenvalue weighted by atomic mass is 9.41. The zero-order valence-corrected chi connectivity index (χ0v) is 35.8.